The highest BCUT2D eigenvalue weighted by molar-refractivity contribution is 7.89. The number of methoxy groups -OCH3 is 1. The number of carbonyl (C=O) groups is 1. The Morgan fingerprint density at radius 1 is 1.14 bits per heavy atom. The predicted octanol–water partition coefficient (Wildman–Crippen LogP) is 3.21. The van der Waals surface area contributed by atoms with E-state index in [1.165, 1.54) is 0 Å². The van der Waals surface area contributed by atoms with E-state index in [1.807, 2.05) is 48.3 Å². The van der Waals surface area contributed by atoms with E-state index in [0.29, 0.717) is 37.6 Å². The second kappa shape index (κ2) is 12.7. The first-order chi connectivity index (χ1) is 20.6. The van der Waals surface area contributed by atoms with Gasteiger partial charge in [0.05, 0.1) is 42.8 Å². The lowest BCUT2D eigenvalue weighted by Gasteiger charge is -2.29. The molecule has 3 aromatic heterocycles. The predicted molar refractivity (Wildman–Crippen MR) is 167 cm³/mol. The lowest BCUT2D eigenvalue weighted by atomic mass is 9.98. The number of rotatable bonds is 10. The minimum Gasteiger partial charge on any atom is -0.383 e. The van der Waals surface area contributed by atoms with Crippen LogP contribution in [0.25, 0.3) is 27.8 Å². The molecule has 228 valence electrons. The maximum atomic E-state index is 13.1. The fourth-order valence-corrected chi connectivity index (χ4v) is 5.49. The number of fused-ring (bicyclic) bond motifs is 1. The van der Waals surface area contributed by atoms with Crippen LogP contribution in [0.5, 0.6) is 0 Å². The van der Waals surface area contributed by atoms with Crippen LogP contribution in [0.2, 0.25) is 0 Å². The third-order valence-electron chi connectivity index (χ3n) is 7.25. The van der Waals surface area contributed by atoms with E-state index in [9.17, 15) is 13.2 Å². The Hall–Kier alpha value is -4.07. The van der Waals surface area contributed by atoms with E-state index in [2.05, 4.69) is 28.5 Å². The normalized spacial score (nSPS) is 14.0. The molecule has 0 aliphatic carbocycles. The average Bonchev–Trinajstić information content (AvgIpc) is 3.39. The zero-order valence-electron chi connectivity index (χ0n) is 25.1. The van der Waals surface area contributed by atoms with E-state index in [1.54, 1.807) is 24.1 Å². The van der Waals surface area contributed by atoms with Crippen molar-refractivity contribution in [1.29, 1.82) is 0 Å². The highest BCUT2D eigenvalue weighted by atomic mass is 32.2. The number of hydrogen-bond acceptors (Lipinski definition) is 10. The van der Waals surface area contributed by atoms with Gasteiger partial charge in [-0.15, -0.1) is 0 Å². The third-order valence-corrected chi connectivity index (χ3v) is 7.81. The van der Waals surface area contributed by atoms with Gasteiger partial charge in [0.15, 0.2) is 5.65 Å². The van der Waals surface area contributed by atoms with Crippen LogP contribution in [0.3, 0.4) is 0 Å². The number of benzene rings is 1. The average molecular weight is 608 g/mol. The standard InChI is InChI=1S/C30H37N7O5S/c1-20(2)28-27-24(21-9-10-26(31-19-21)35(3)11-14-41-4)18-25(30(38)34-43(5,39)40)32-29(27)37(33-28)23-8-6-7-22(17-23)36-12-15-42-16-13-36/h6-10,17-20H,11-16H2,1-5H3,(H,34,38). The molecule has 12 nitrogen and oxygen atoms in total. The van der Waals surface area contributed by atoms with Crippen LogP contribution in [-0.2, 0) is 19.5 Å². The molecule has 1 N–H and O–H groups in total. The van der Waals surface area contributed by atoms with E-state index in [0.717, 1.165) is 53.2 Å². The monoisotopic (exact) mass is 607 g/mol. The summed E-state index contributed by atoms with van der Waals surface area (Å²) in [5.41, 5.74) is 4.42. The van der Waals surface area contributed by atoms with Gasteiger partial charge >= 0.3 is 0 Å². The number of nitrogens with one attached hydrogen (secondary N) is 1. The molecule has 43 heavy (non-hydrogen) atoms. The summed E-state index contributed by atoms with van der Waals surface area (Å²) >= 11 is 0. The third kappa shape index (κ3) is 6.79. The maximum Gasteiger partial charge on any atom is 0.283 e. The quantitative estimate of drug-likeness (QED) is 0.287. The highest BCUT2D eigenvalue weighted by Crippen LogP contribution is 2.36. The molecule has 1 aliphatic heterocycles. The zero-order valence-corrected chi connectivity index (χ0v) is 25.9. The van der Waals surface area contributed by atoms with Crippen molar-refractivity contribution in [3.63, 3.8) is 0 Å². The van der Waals surface area contributed by atoms with Crippen LogP contribution in [0, 0.1) is 0 Å². The Bertz CT molecular complexity index is 1710. The smallest absolute Gasteiger partial charge is 0.283 e. The van der Waals surface area contributed by atoms with E-state index in [4.69, 9.17) is 19.6 Å². The number of sulfonamides is 1. The molecule has 4 aromatic rings. The van der Waals surface area contributed by atoms with Crippen LogP contribution in [0.1, 0.15) is 35.9 Å². The Labute approximate surface area is 251 Å². The van der Waals surface area contributed by atoms with Gasteiger partial charge in [-0.3, -0.25) is 4.79 Å². The Kier molecular flexibility index (Phi) is 8.95. The van der Waals surface area contributed by atoms with Crippen LogP contribution in [-0.4, -0.2) is 93.9 Å². The van der Waals surface area contributed by atoms with Crippen molar-refractivity contribution in [3.8, 4) is 16.8 Å². The van der Waals surface area contributed by atoms with Crippen molar-refractivity contribution in [2.24, 2.45) is 0 Å². The number of anilines is 2. The molecule has 0 atom stereocenters. The largest absolute Gasteiger partial charge is 0.383 e. The SMILES string of the molecule is COCCN(C)c1ccc(-c2cc(C(=O)NS(C)(=O)=O)nc3c2c(C(C)C)nn3-c2cccc(N3CCOCC3)c2)cn1. The number of nitrogens with zero attached hydrogens (tertiary/aromatic N) is 6. The van der Waals surface area contributed by atoms with E-state index in [-0.39, 0.29) is 11.6 Å². The Balaban J connectivity index is 1.70. The molecule has 1 amide bonds. The molecule has 0 bridgehead atoms. The van der Waals surface area contributed by atoms with Crippen molar-refractivity contribution in [1.82, 2.24) is 24.5 Å². The summed E-state index contributed by atoms with van der Waals surface area (Å²) < 4.78 is 38.4. The molecule has 0 radical (unpaired) electrons. The summed E-state index contributed by atoms with van der Waals surface area (Å²) in [5.74, 6) is -0.0360. The van der Waals surface area contributed by atoms with Crippen molar-refractivity contribution in [2.75, 3.05) is 69.7 Å². The molecule has 0 unspecified atom stereocenters. The van der Waals surface area contributed by atoms with E-state index < -0.39 is 15.9 Å². The maximum absolute atomic E-state index is 13.1. The molecule has 1 aromatic carbocycles. The highest BCUT2D eigenvalue weighted by Gasteiger charge is 2.25. The Morgan fingerprint density at radius 2 is 1.88 bits per heavy atom. The van der Waals surface area contributed by atoms with Crippen molar-refractivity contribution in [3.05, 3.63) is 60.0 Å². The minimum atomic E-state index is -3.82. The molecular formula is C30H37N7O5S. The molecular weight excluding hydrogens is 570 g/mol. The number of likely N-dealkylation sites (N-methyl/N-ethyl adjacent to an activating group) is 1. The fraction of sp³-hybridized carbons (Fsp3) is 0.400. The number of carbonyl (C=O) groups excluding carboxylic acids is 1. The number of ether oxygens (including phenoxy) is 2. The number of hydrogen-bond donors (Lipinski definition) is 1. The van der Waals surface area contributed by atoms with Gasteiger partial charge in [0.25, 0.3) is 5.91 Å². The lowest BCUT2D eigenvalue weighted by molar-refractivity contribution is 0.0977. The molecule has 5 rings (SSSR count). The van der Waals surface area contributed by atoms with Crippen molar-refractivity contribution < 1.29 is 22.7 Å². The fourth-order valence-electron chi connectivity index (χ4n) is 5.05. The Morgan fingerprint density at radius 3 is 2.53 bits per heavy atom. The van der Waals surface area contributed by atoms with Crippen molar-refractivity contribution in [2.45, 2.75) is 19.8 Å². The van der Waals surface area contributed by atoms with Crippen LogP contribution in [0.4, 0.5) is 11.5 Å². The number of morpholine rings is 1. The first-order valence-electron chi connectivity index (χ1n) is 14.1. The number of amides is 1. The summed E-state index contributed by atoms with van der Waals surface area (Å²) in [4.78, 5) is 26.7. The minimum absolute atomic E-state index is 0.0230. The van der Waals surface area contributed by atoms with Gasteiger partial charge < -0.3 is 19.3 Å². The number of aromatic nitrogens is 4. The second-order valence-electron chi connectivity index (χ2n) is 10.8. The van der Waals surface area contributed by atoms with Gasteiger partial charge in [-0.05, 0) is 47.9 Å². The van der Waals surface area contributed by atoms with Gasteiger partial charge in [0.1, 0.15) is 11.5 Å². The molecule has 1 saturated heterocycles. The van der Waals surface area contributed by atoms with Gasteiger partial charge in [-0.1, -0.05) is 19.9 Å². The molecule has 4 heterocycles. The lowest BCUT2D eigenvalue weighted by Crippen LogP contribution is -2.36. The van der Waals surface area contributed by atoms with Crippen LogP contribution >= 0.6 is 0 Å². The summed E-state index contributed by atoms with van der Waals surface area (Å²) in [6, 6.07) is 13.4. The van der Waals surface area contributed by atoms with Crippen LogP contribution in [0.15, 0.2) is 48.7 Å². The summed E-state index contributed by atoms with van der Waals surface area (Å²) in [7, 11) is -0.229. The van der Waals surface area contributed by atoms with E-state index >= 15 is 0 Å². The molecule has 0 saturated carbocycles. The van der Waals surface area contributed by atoms with Gasteiger partial charge in [-0.2, -0.15) is 5.10 Å². The first kappa shape index (κ1) is 30.4. The topological polar surface area (TPSA) is 132 Å². The summed E-state index contributed by atoms with van der Waals surface area (Å²) in [5, 5.41) is 5.77. The summed E-state index contributed by atoms with van der Waals surface area (Å²) in [6.07, 6.45) is 2.68. The molecule has 1 fully saturated rings. The molecule has 1 aliphatic rings. The second-order valence-corrected chi connectivity index (χ2v) is 12.6. The first-order valence-corrected chi connectivity index (χ1v) is 16.0. The summed E-state index contributed by atoms with van der Waals surface area (Å²) in [6.45, 7) is 8.22. The van der Waals surface area contributed by atoms with Gasteiger partial charge in [-0.25, -0.2) is 27.8 Å². The van der Waals surface area contributed by atoms with Gasteiger partial charge in [0.2, 0.25) is 10.0 Å². The molecule has 13 heteroatoms. The molecule has 0 spiro atoms. The van der Waals surface area contributed by atoms with Crippen molar-refractivity contribution >= 4 is 38.5 Å². The number of pyridine rings is 2. The van der Waals surface area contributed by atoms with Gasteiger partial charge in [0, 0.05) is 51.2 Å². The zero-order chi connectivity index (χ0) is 30.7. The van der Waals surface area contributed by atoms with Crippen LogP contribution < -0.4 is 14.5 Å².